The Morgan fingerprint density at radius 2 is 1.83 bits per heavy atom. The van der Waals surface area contributed by atoms with E-state index >= 15 is 0 Å². The van der Waals surface area contributed by atoms with Crippen molar-refractivity contribution in [2.75, 3.05) is 19.8 Å². The zero-order valence-corrected chi connectivity index (χ0v) is 13.4. The number of imidazole rings is 1. The molecular formula is C19H20N2O3. The number of para-hydroxylation sites is 2. The van der Waals surface area contributed by atoms with Crippen molar-refractivity contribution in [3.8, 4) is 17.1 Å². The number of ether oxygens (including phenoxy) is 3. The normalized spacial score (nSPS) is 15.7. The number of H-pyrrole nitrogens is 1. The Kier molecular flexibility index (Phi) is 4.44. The number of hydrogen-bond acceptors (Lipinski definition) is 4. The molecule has 1 aromatic heterocycles. The van der Waals surface area contributed by atoms with Gasteiger partial charge in [0.05, 0.1) is 30.9 Å². The third kappa shape index (κ3) is 3.42. The summed E-state index contributed by atoms with van der Waals surface area (Å²) in [5.74, 6) is 1.71. The summed E-state index contributed by atoms with van der Waals surface area (Å²) in [5, 5.41) is 0. The molecule has 24 heavy (non-hydrogen) atoms. The number of fused-ring (bicyclic) bond motifs is 1. The van der Waals surface area contributed by atoms with Crippen LogP contribution in [0.5, 0.6) is 5.75 Å². The van der Waals surface area contributed by atoms with Crippen molar-refractivity contribution < 1.29 is 14.2 Å². The smallest absolute Gasteiger partial charge is 0.160 e. The predicted octanol–water partition coefficient (Wildman–Crippen LogP) is 3.76. The van der Waals surface area contributed by atoms with Crippen molar-refractivity contribution in [2.24, 2.45) is 0 Å². The summed E-state index contributed by atoms with van der Waals surface area (Å²) in [5.41, 5.74) is 3.05. The molecule has 1 N–H and O–H groups in total. The lowest BCUT2D eigenvalue weighted by Gasteiger charge is -2.23. The lowest BCUT2D eigenvalue weighted by atomic mass is 10.2. The van der Waals surface area contributed by atoms with Gasteiger partial charge in [-0.25, -0.2) is 4.98 Å². The van der Waals surface area contributed by atoms with E-state index in [-0.39, 0.29) is 6.29 Å². The summed E-state index contributed by atoms with van der Waals surface area (Å²) in [6, 6.07) is 16.0. The van der Waals surface area contributed by atoms with Gasteiger partial charge in [0.25, 0.3) is 0 Å². The van der Waals surface area contributed by atoms with E-state index in [1.165, 1.54) is 0 Å². The van der Waals surface area contributed by atoms with E-state index in [9.17, 15) is 0 Å². The maximum absolute atomic E-state index is 5.77. The fourth-order valence-electron chi connectivity index (χ4n) is 2.77. The molecule has 1 fully saturated rings. The van der Waals surface area contributed by atoms with Gasteiger partial charge in [0, 0.05) is 12.0 Å². The predicted molar refractivity (Wildman–Crippen MR) is 92.0 cm³/mol. The second-order valence-corrected chi connectivity index (χ2v) is 5.79. The zero-order chi connectivity index (χ0) is 16.2. The minimum Gasteiger partial charge on any atom is -0.493 e. The molecule has 0 unspecified atom stereocenters. The van der Waals surface area contributed by atoms with Crippen LogP contribution in [0.25, 0.3) is 22.4 Å². The number of nitrogens with zero attached hydrogens (tertiary/aromatic N) is 1. The fourth-order valence-corrected chi connectivity index (χ4v) is 2.77. The summed E-state index contributed by atoms with van der Waals surface area (Å²) in [6.45, 7) is 2.13. The Balaban J connectivity index is 1.37. The molecule has 2 aromatic carbocycles. The molecule has 0 spiro atoms. The van der Waals surface area contributed by atoms with Gasteiger partial charge in [-0.1, -0.05) is 12.1 Å². The molecule has 1 saturated heterocycles. The highest BCUT2D eigenvalue weighted by molar-refractivity contribution is 5.79. The van der Waals surface area contributed by atoms with E-state index in [2.05, 4.69) is 9.97 Å². The van der Waals surface area contributed by atoms with E-state index in [4.69, 9.17) is 14.2 Å². The number of rotatable bonds is 5. The van der Waals surface area contributed by atoms with Crippen LogP contribution in [0.1, 0.15) is 12.8 Å². The summed E-state index contributed by atoms with van der Waals surface area (Å²) >= 11 is 0. The number of aromatic nitrogens is 2. The molecular weight excluding hydrogens is 304 g/mol. The van der Waals surface area contributed by atoms with E-state index in [1.54, 1.807) is 0 Å². The molecule has 5 heteroatoms. The standard InChI is InChI=1S/C19H20N2O3/c1-2-5-17-16(4-1)20-19(21-17)14-6-8-15(9-7-14)22-13-10-18-23-11-3-12-24-18/h1-2,4-9,18H,3,10-13H2,(H,20,21). The molecule has 0 aliphatic carbocycles. The summed E-state index contributed by atoms with van der Waals surface area (Å²) < 4.78 is 16.8. The maximum Gasteiger partial charge on any atom is 0.160 e. The first-order chi connectivity index (χ1) is 11.9. The van der Waals surface area contributed by atoms with Gasteiger partial charge >= 0.3 is 0 Å². The monoisotopic (exact) mass is 324 g/mol. The van der Waals surface area contributed by atoms with E-state index in [0.717, 1.165) is 54.2 Å². The van der Waals surface area contributed by atoms with Crippen LogP contribution >= 0.6 is 0 Å². The van der Waals surface area contributed by atoms with E-state index < -0.39 is 0 Å². The Morgan fingerprint density at radius 3 is 2.62 bits per heavy atom. The minimum absolute atomic E-state index is 0.131. The molecule has 3 aromatic rings. The molecule has 0 amide bonds. The molecule has 0 bridgehead atoms. The van der Waals surface area contributed by atoms with Gasteiger partial charge in [0.2, 0.25) is 0 Å². The third-order valence-electron chi connectivity index (χ3n) is 4.04. The van der Waals surface area contributed by atoms with Gasteiger partial charge in [-0.05, 0) is 42.8 Å². The molecule has 124 valence electrons. The van der Waals surface area contributed by atoms with Crippen LogP contribution in [0.2, 0.25) is 0 Å². The molecule has 1 aliphatic heterocycles. The van der Waals surface area contributed by atoms with Gasteiger partial charge in [-0.3, -0.25) is 0 Å². The second-order valence-electron chi connectivity index (χ2n) is 5.79. The van der Waals surface area contributed by atoms with E-state index in [1.807, 2.05) is 48.5 Å². The SMILES string of the molecule is c1ccc2[nH]c(-c3ccc(OCCC4OCCCO4)cc3)nc2c1. The summed E-state index contributed by atoms with van der Waals surface area (Å²) in [6.07, 6.45) is 1.58. The molecule has 5 nitrogen and oxygen atoms in total. The second kappa shape index (κ2) is 7.03. The highest BCUT2D eigenvalue weighted by atomic mass is 16.7. The molecule has 0 radical (unpaired) electrons. The topological polar surface area (TPSA) is 56.4 Å². The third-order valence-corrected chi connectivity index (χ3v) is 4.04. The molecule has 1 aliphatic rings. The van der Waals surface area contributed by atoms with Crippen LogP contribution in [0.4, 0.5) is 0 Å². The van der Waals surface area contributed by atoms with Crippen molar-refractivity contribution in [2.45, 2.75) is 19.1 Å². The molecule has 4 rings (SSSR count). The average Bonchev–Trinajstić information content (AvgIpc) is 3.07. The van der Waals surface area contributed by atoms with Crippen molar-refractivity contribution >= 4 is 11.0 Å². The van der Waals surface area contributed by atoms with Gasteiger partial charge in [-0.2, -0.15) is 0 Å². The van der Waals surface area contributed by atoms with Crippen LogP contribution in [-0.4, -0.2) is 36.1 Å². The first kappa shape index (κ1) is 15.2. The van der Waals surface area contributed by atoms with Crippen molar-refractivity contribution in [3.05, 3.63) is 48.5 Å². The van der Waals surface area contributed by atoms with Crippen LogP contribution < -0.4 is 4.74 Å². The lowest BCUT2D eigenvalue weighted by molar-refractivity contribution is -0.183. The van der Waals surface area contributed by atoms with Crippen molar-refractivity contribution in [1.29, 1.82) is 0 Å². The van der Waals surface area contributed by atoms with Crippen LogP contribution in [-0.2, 0) is 9.47 Å². The highest BCUT2D eigenvalue weighted by Crippen LogP contribution is 2.23. The Morgan fingerprint density at radius 1 is 1.04 bits per heavy atom. The van der Waals surface area contributed by atoms with Crippen LogP contribution in [0.15, 0.2) is 48.5 Å². The van der Waals surface area contributed by atoms with Gasteiger partial charge < -0.3 is 19.2 Å². The number of benzene rings is 2. The largest absolute Gasteiger partial charge is 0.493 e. The molecule has 0 saturated carbocycles. The van der Waals surface area contributed by atoms with E-state index in [0.29, 0.717) is 6.61 Å². The number of hydrogen-bond donors (Lipinski definition) is 1. The quantitative estimate of drug-likeness (QED) is 0.776. The fraction of sp³-hybridized carbons (Fsp3) is 0.316. The van der Waals surface area contributed by atoms with Crippen LogP contribution in [0.3, 0.4) is 0 Å². The van der Waals surface area contributed by atoms with Gasteiger partial charge in [-0.15, -0.1) is 0 Å². The Bertz CT molecular complexity index is 759. The molecule has 0 atom stereocenters. The minimum atomic E-state index is -0.131. The van der Waals surface area contributed by atoms with Crippen molar-refractivity contribution in [1.82, 2.24) is 9.97 Å². The summed E-state index contributed by atoms with van der Waals surface area (Å²) in [7, 11) is 0. The Hall–Kier alpha value is -2.37. The van der Waals surface area contributed by atoms with Gasteiger partial charge in [0.1, 0.15) is 11.6 Å². The zero-order valence-electron chi connectivity index (χ0n) is 13.4. The van der Waals surface area contributed by atoms with Crippen molar-refractivity contribution in [3.63, 3.8) is 0 Å². The first-order valence-electron chi connectivity index (χ1n) is 8.30. The highest BCUT2D eigenvalue weighted by Gasteiger charge is 2.13. The Labute approximate surface area is 140 Å². The molecule has 2 heterocycles. The lowest BCUT2D eigenvalue weighted by Crippen LogP contribution is -2.26. The van der Waals surface area contributed by atoms with Gasteiger partial charge in [0.15, 0.2) is 6.29 Å². The number of nitrogens with one attached hydrogen (secondary N) is 1. The number of aromatic amines is 1. The average molecular weight is 324 g/mol. The van der Waals surface area contributed by atoms with Crippen LogP contribution in [0, 0.1) is 0 Å². The summed E-state index contributed by atoms with van der Waals surface area (Å²) in [4.78, 5) is 7.94. The maximum atomic E-state index is 5.77. The first-order valence-corrected chi connectivity index (χ1v) is 8.30.